The summed E-state index contributed by atoms with van der Waals surface area (Å²) in [6.45, 7) is 4.27. The first-order valence-electron chi connectivity index (χ1n) is 16.7. The second kappa shape index (κ2) is 10.6. The van der Waals surface area contributed by atoms with E-state index in [4.69, 9.17) is 4.98 Å². The molecular weight excluding hydrogens is 520 g/mol. The van der Waals surface area contributed by atoms with Crippen molar-refractivity contribution in [2.45, 2.75) is 94.4 Å². The van der Waals surface area contributed by atoms with Crippen LogP contribution in [-0.2, 0) is 0 Å². The minimum Gasteiger partial charge on any atom is -0.393 e. The number of aromatic amines is 1. The van der Waals surface area contributed by atoms with Crippen molar-refractivity contribution in [3.63, 3.8) is 0 Å². The molecule has 6 heterocycles. The van der Waals surface area contributed by atoms with Crippen LogP contribution in [0.4, 0.5) is 0 Å². The van der Waals surface area contributed by atoms with Crippen molar-refractivity contribution in [2.75, 3.05) is 26.2 Å². The summed E-state index contributed by atoms with van der Waals surface area (Å²) in [5.41, 5.74) is 3.57. The molecule has 3 bridgehead atoms. The molecule has 42 heavy (non-hydrogen) atoms. The van der Waals surface area contributed by atoms with Crippen molar-refractivity contribution in [1.29, 1.82) is 0 Å². The Hall–Kier alpha value is -2.51. The van der Waals surface area contributed by atoms with E-state index in [2.05, 4.69) is 63.3 Å². The monoisotopic (exact) mass is 566 g/mol. The molecule has 0 radical (unpaired) electrons. The molecule has 5 unspecified atom stereocenters. The summed E-state index contributed by atoms with van der Waals surface area (Å²) in [6, 6.07) is 11.2. The van der Waals surface area contributed by atoms with Gasteiger partial charge < -0.3 is 20.1 Å². The topological polar surface area (TPSA) is 75.6 Å². The van der Waals surface area contributed by atoms with E-state index in [0.717, 1.165) is 101 Å². The summed E-state index contributed by atoms with van der Waals surface area (Å²) in [6.07, 6.45) is 20.0. The third-order valence-corrected chi connectivity index (χ3v) is 11.6. The zero-order valence-corrected chi connectivity index (χ0v) is 24.8. The zero-order valence-electron chi connectivity index (χ0n) is 24.8. The molecular formula is C36H46N4O2. The number of nitrogens with one attached hydrogen (secondary N) is 1. The van der Waals surface area contributed by atoms with Crippen LogP contribution >= 0.6 is 0 Å². The van der Waals surface area contributed by atoms with E-state index in [1.807, 2.05) is 6.20 Å². The highest BCUT2D eigenvalue weighted by molar-refractivity contribution is 6.09. The standard InChI is InChI=1S/C36H46N4O2/c41-26-10-9-20-40-25(13-14-26)22-35-24-39-19-8-4-2-1-3-7-17-36(42,34(35)40)23-29(30(35)16-21-39)32-33-28(15-18-37-32)27-11-5-6-12-31(27)38-33/h1,3,5-6,11-12,15,18,23,25-26,30,34,38,41-42H,2,4,7-10,13-14,16-17,19-22,24H2/b3-1-/t25-,26+,30?,34?,35?,36?/m0/s1. The molecule has 5 aliphatic rings. The molecule has 0 saturated carbocycles. The van der Waals surface area contributed by atoms with Gasteiger partial charge in [0.1, 0.15) is 0 Å². The summed E-state index contributed by atoms with van der Waals surface area (Å²) in [7, 11) is 0. The fraction of sp³-hybridized carbons (Fsp3) is 0.583. The number of rotatable bonds is 1. The maximum atomic E-state index is 13.1. The number of allylic oxidation sites excluding steroid dienone is 3. The van der Waals surface area contributed by atoms with E-state index in [1.54, 1.807) is 0 Å². The van der Waals surface area contributed by atoms with E-state index in [1.165, 1.54) is 29.2 Å². The minimum atomic E-state index is -0.935. The van der Waals surface area contributed by atoms with Gasteiger partial charge in [0.05, 0.1) is 22.9 Å². The lowest BCUT2D eigenvalue weighted by Gasteiger charge is -2.58. The van der Waals surface area contributed by atoms with Crippen molar-refractivity contribution in [3.8, 4) is 0 Å². The van der Waals surface area contributed by atoms with Gasteiger partial charge in [-0.2, -0.15) is 0 Å². The number of para-hydroxylation sites is 1. The molecule has 6 heteroatoms. The van der Waals surface area contributed by atoms with Crippen LogP contribution in [0, 0.1) is 11.3 Å². The van der Waals surface area contributed by atoms with Gasteiger partial charge in [0, 0.05) is 46.5 Å². The van der Waals surface area contributed by atoms with Crippen LogP contribution in [0.5, 0.6) is 0 Å². The SMILES string of the molecule is O[C@@H]1CCCN2C3C4(O)C=C(c5nccc6c5[nH]c5ccccc56)C5CCN(CCCC/C=C\CC4)CC53C[C@@H]2CC1. The zero-order chi connectivity index (χ0) is 28.3. The molecule has 1 aromatic carbocycles. The first-order chi connectivity index (χ1) is 20.6. The molecule has 1 spiro atoms. The van der Waals surface area contributed by atoms with Crippen molar-refractivity contribution in [1.82, 2.24) is 19.8 Å². The number of nitrogens with zero attached hydrogens (tertiary/aromatic N) is 3. The number of aromatic nitrogens is 2. The van der Waals surface area contributed by atoms with Gasteiger partial charge in [-0.15, -0.1) is 0 Å². The lowest BCUT2D eigenvalue weighted by atomic mass is 9.54. The van der Waals surface area contributed by atoms with Crippen molar-refractivity contribution < 1.29 is 10.2 Å². The summed E-state index contributed by atoms with van der Waals surface area (Å²) >= 11 is 0. The summed E-state index contributed by atoms with van der Waals surface area (Å²) in [5.74, 6) is 0.349. The molecule has 6 nitrogen and oxygen atoms in total. The van der Waals surface area contributed by atoms with Crippen LogP contribution in [-0.4, -0.2) is 79.9 Å². The van der Waals surface area contributed by atoms with E-state index < -0.39 is 5.60 Å². The first-order valence-corrected chi connectivity index (χ1v) is 16.7. The number of benzene rings is 1. The lowest BCUT2D eigenvalue weighted by Crippen LogP contribution is -2.65. The van der Waals surface area contributed by atoms with Gasteiger partial charge in [-0.25, -0.2) is 0 Å². The van der Waals surface area contributed by atoms with Gasteiger partial charge in [0.25, 0.3) is 0 Å². The van der Waals surface area contributed by atoms with Crippen LogP contribution < -0.4 is 0 Å². The Kier molecular flexibility index (Phi) is 6.82. The Labute approximate surface area is 249 Å². The van der Waals surface area contributed by atoms with Gasteiger partial charge in [0.15, 0.2) is 0 Å². The maximum Gasteiger partial charge on any atom is 0.0997 e. The number of pyridine rings is 1. The van der Waals surface area contributed by atoms with Gasteiger partial charge in [-0.05, 0) is 120 Å². The Morgan fingerprint density at radius 2 is 1.81 bits per heavy atom. The van der Waals surface area contributed by atoms with Gasteiger partial charge in [-0.1, -0.05) is 30.4 Å². The molecule has 222 valence electrons. The number of aliphatic hydroxyl groups excluding tert-OH is 1. The normalized spacial score (nSPS) is 38.4. The molecule has 1 aliphatic carbocycles. The Balaban J connectivity index is 1.33. The Bertz CT molecular complexity index is 1530. The van der Waals surface area contributed by atoms with E-state index >= 15 is 0 Å². The van der Waals surface area contributed by atoms with Gasteiger partial charge >= 0.3 is 0 Å². The third-order valence-electron chi connectivity index (χ3n) is 11.6. The number of hydrogen-bond donors (Lipinski definition) is 3. The molecule has 2 aromatic heterocycles. The van der Waals surface area contributed by atoms with Crippen molar-refractivity contribution >= 4 is 27.4 Å². The van der Waals surface area contributed by atoms with Crippen molar-refractivity contribution in [3.05, 3.63) is 60.5 Å². The summed E-state index contributed by atoms with van der Waals surface area (Å²) < 4.78 is 0. The van der Waals surface area contributed by atoms with Crippen LogP contribution in [0.1, 0.15) is 76.3 Å². The number of aliphatic hydroxyl groups is 2. The summed E-state index contributed by atoms with van der Waals surface area (Å²) in [5, 5.41) is 26.2. The fourth-order valence-corrected chi connectivity index (χ4v) is 9.99. The van der Waals surface area contributed by atoms with Gasteiger partial charge in [0.2, 0.25) is 0 Å². The van der Waals surface area contributed by atoms with Crippen LogP contribution in [0.3, 0.4) is 0 Å². The predicted molar refractivity (Wildman–Crippen MR) is 169 cm³/mol. The Morgan fingerprint density at radius 3 is 2.76 bits per heavy atom. The highest BCUT2D eigenvalue weighted by Gasteiger charge is 2.66. The molecule has 3 N–H and O–H groups in total. The van der Waals surface area contributed by atoms with Crippen LogP contribution in [0.2, 0.25) is 0 Å². The van der Waals surface area contributed by atoms with Crippen LogP contribution in [0.25, 0.3) is 27.4 Å². The van der Waals surface area contributed by atoms with Crippen LogP contribution in [0.15, 0.2) is 54.8 Å². The third kappa shape index (κ3) is 4.32. The highest BCUT2D eigenvalue weighted by Crippen LogP contribution is 2.62. The van der Waals surface area contributed by atoms with E-state index in [-0.39, 0.29) is 17.6 Å². The first kappa shape index (κ1) is 27.1. The molecule has 4 aliphatic heterocycles. The molecule has 0 amide bonds. The highest BCUT2D eigenvalue weighted by atomic mass is 16.3. The molecule has 3 saturated heterocycles. The number of hydrogen-bond acceptors (Lipinski definition) is 5. The number of fused-ring (bicyclic) bond motifs is 5. The molecule has 3 fully saturated rings. The van der Waals surface area contributed by atoms with E-state index in [0.29, 0.717) is 12.0 Å². The molecule has 7 atom stereocenters. The molecule has 3 aromatic rings. The quantitative estimate of drug-likeness (QED) is 0.313. The van der Waals surface area contributed by atoms with Gasteiger partial charge in [-0.3, -0.25) is 9.88 Å². The lowest BCUT2D eigenvalue weighted by molar-refractivity contribution is -0.0918. The minimum absolute atomic E-state index is 0.0370. The number of piperidine rings is 1. The Morgan fingerprint density at radius 1 is 0.905 bits per heavy atom. The fourth-order valence-electron chi connectivity index (χ4n) is 9.99. The smallest absolute Gasteiger partial charge is 0.0997 e. The second-order valence-corrected chi connectivity index (χ2v) is 14.1. The molecule has 8 rings (SSSR count). The average molecular weight is 567 g/mol. The second-order valence-electron chi connectivity index (χ2n) is 14.1. The van der Waals surface area contributed by atoms with Crippen molar-refractivity contribution in [2.24, 2.45) is 11.3 Å². The number of H-pyrrole nitrogens is 1. The average Bonchev–Trinajstić information content (AvgIpc) is 3.51. The largest absolute Gasteiger partial charge is 0.393 e. The summed E-state index contributed by atoms with van der Waals surface area (Å²) in [4.78, 5) is 14.3. The predicted octanol–water partition coefficient (Wildman–Crippen LogP) is 6.05. The van der Waals surface area contributed by atoms with E-state index in [9.17, 15) is 10.2 Å². The maximum absolute atomic E-state index is 13.1.